The maximum atomic E-state index is 12.3. The first kappa shape index (κ1) is 32.0. The Kier molecular flexibility index (Phi) is 10.9. The summed E-state index contributed by atoms with van der Waals surface area (Å²) in [5.41, 5.74) is 0. The molecule has 1 aliphatic heterocycles. The molecule has 15 heteroatoms. The number of para-hydroxylation sites is 1. The first-order chi connectivity index (χ1) is 19.3. The van der Waals surface area contributed by atoms with E-state index in [9.17, 15) is 19.2 Å². The minimum absolute atomic E-state index is 0.0175. The summed E-state index contributed by atoms with van der Waals surface area (Å²) in [5.74, 6) is -1.66. The van der Waals surface area contributed by atoms with Gasteiger partial charge in [0.1, 0.15) is 31.1 Å². The Morgan fingerprint density at radius 3 is 2.24 bits per heavy atom. The van der Waals surface area contributed by atoms with E-state index in [-0.39, 0.29) is 24.0 Å². The largest absolute Gasteiger partial charge is 0.484 e. The Morgan fingerprint density at radius 2 is 1.68 bits per heavy atom. The molecule has 13 nitrogen and oxygen atoms in total. The Hall–Kier alpha value is -3.49. The number of hydrogen-bond donors (Lipinski definition) is 1. The van der Waals surface area contributed by atoms with Crippen LogP contribution >= 0.6 is 23.8 Å². The van der Waals surface area contributed by atoms with Gasteiger partial charge in [-0.05, 0) is 38.2 Å². The number of esters is 3. The summed E-state index contributed by atoms with van der Waals surface area (Å²) in [6.45, 7) is 8.24. The van der Waals surface area contributed by atoms with Gasteiger partial charge in [0.05, 0.1) is 5.02 Å². The van der Waals surface area contributed by atoms with Gasteiger partial charge in [-0.15, -0.1) is 0 Å². The molecule has 1 N–H and O–H groups in total. The van der Waals surface area contributed by atoms with Crippen LogP contribution in [0.3, 0.4) is 0 Å². The van der Waals surface area contributed by atoms with Crippen molar-refractivity contribution in [2.45, 2.75) is 84.8 Å². The molecule has 3 rings (SSSR count). The summed E-state index contributed by atoms with van der Waals surface area (Å²) < 4.78 is 31.7. The van der Waals surface area contributed by atoms with E-state index in [1.54, 1.807) is 28.8 Å². The zero-order chi connectivity index (χ0) is 30.4. The SMILES string of the molecule is CC(=O)N[C@@H]1[C@@H](OC(C)=O)[C@H](OC(C)=O)[C@@H](COC(C)=O)O[C@H]1n1nc(COc2ccccc2Cl)n(C(C)C)c1=S. The van der Waals surface area contributed by atoms with E-state index in [1.165, 1.54) is 32.4 Å². The van der Waals surface area contributed by atoms with Crippen LogP contribution < -0.4 is 10.1 Å². The molecule has 224 valence electrons. The summed E-state index contributed by atoms with van der Waals surface area (Å²) >= 11 is 12.0. The smallest absolute Gasteiger partial charge is 0.303 e. The Bertz CT molecular complexity index is 1340. The fraction of sp³-hybridized carbons (Fsp3) is 0.538. The van der Waals surface area contributed by atoms with Crippen LogP contribution in [0.5, 0.6) is 5.75 Å². The van der Waals surface area contributed by atoms with Gasteiger partial charge in [-0.1, -0.05) is 23.7 Å². The maximum absolute atomic E-state index is 12.3. The second kappa shape index (κ2) is 13.9. The van der Waals surface area contributed by atoms with E-state index in [2.05, 4.69) is 10.4 Å². The fourth-order valence-electron chi connectivity index (χ4n) is 4.44. The number of nitrogens with one attached hydrogen (secondary N) is 1. The molecular formula is C26H33ClN4O9S. The van der Waals surface area contributed by atoms with Gasteiger partial charge in [0, 0.05) is 33.7 Å². The van der Waals surface area contributed by atoms with Crippen LogP contribution in [0.4, 0.5) is 0 Å². The minimum Gasteiger partial charge on any atom is -0.484 e. The van der Waals surface area contributed by atoms with Crippen LogP contribution in [-0.4, -0.2) is 69.1 Å². The molecule has 5 atom stereocenters. The molecule has 0 unspecified atom stereocenters. The number of rotatable bonds is 10. The lowest BCUT2D eigenvalue weighted by Crippen LogP contribution is -2.64. The van der Waals surface area contributed by atoms with Crippen LogP contribution in [0, 0.1) is 4.77 Å². The van der Waals surface area contributed by atoms with Gasteiger partial charge in [0.15, 0.2) is 24.3 Å². The van der Waals surface area contributed by atoms with E-state index < -0.39 is 54.4 Å². The molecule has 0 bridgehead atoms. The number of amides is 1. The molecule has 0 aliphatic carbocycles. The van der Waals surface area contributed by atoms with E-state index in [0.717, 1.165) is 0 Å². The van der Waals surface area contributed by atoms with Gasteiger partial charge in [-0.3, -0.25) is 23.7 Å². The molecule has 1 fully saturated rings. The molecule has 41 heavy (non-hydrogen) atoms. The van der Waals surface area contributed by atoms with Crippen LogP contribution in [0.15, 0.2) is 24.3 Å². The second-order valence-electron chi connectivity index (χ2n) is 9.57. The number of halogens is 1. The van der Waals surface area contributed by atoms with Crippen molar-refractivity contribution in [3.8, 4) is 5.75 Å². The molecule has 0 radical (unpaired) electrons. The van der Waals surface area contributed by atoms with Gasteiger partial charge < -0.3 is 29.0 Å². The predicted molar refractivity (Wildman–Crippen MR) is 146 cm³/mol. The van der Waals surface area contributed by atoms with Crippen molar-refractivity contribution in [1.82, 2.24) is 19.7 Å². The molecule has 1 aromatic heterocycles. The van der Waals surface area contributed by atoms with Crippen molar-refractivity contribution in [1.29, 1.82) is 0 Å². The van der Waals surface area contributed by atoms with Crippen LogP contribution in [0.2, 0.25) is 5.02 Å². The average Bonchev–Trinajstić information content (AvgIpc) is 3.20. The van der Waals surface area contributed by atoms with Crippen molar-refractivity contribution in [3.05, 3.63) is 39.9 Å². The van der Waals surface area contributed by atoms with Gasteiger partial charge in [0.25, 0.3) is 0 Å². The number of nitrogens with zero attached hydrogens (tertiary/aromatic N) is 3. The topological polar surface area (TPSA) is 149 Å². The average molecular weight is 613 g/mol. The third-order valence-corrected chi connectivity index (χ3v) is 6.64. The predicted octanol–water partition coefficient (Wildman–Crippen LogP) is 3.06. The van der Waals surface area contributed by atoms with Crippen molar-refractivity contribution < 1.29 is 42.9 Å². The van der Waals surface area contributed by atoms with Crippen molar-refractivity contribution in [2.24, 2.45) is 0 Å². The lowest BCUT2D eigenvalue weighted by Gasteiger charge is -2.45. The number of carbonyl (C=O) groups is 4. The number of hydrogen-bond acceptors (Lipinski definition) is 11. The molecule has 1 aromatic carbocycles. The maximum Gasteiger partial charge on any atom is 0.303 e. The number of benzene rings is 1. The first-order valence-electron chi connectivity index (χ1n) is 12.8. The normalized spacial score (nSPS) is 22.1. The number of aromatic nitrogens is 3. The van der Waals surface area contributed by atoms with Gasteiger partial charge >= 0.3 is 17.9 Å². The molecular weight excluding hydrogens is 580 g/mol. The van der Waals surface area contributed by atoms with Gasteiger partial charge in [0.2, 0.25) is 10.7 Å². The highest BCUT2D eigenvalue weighted by atomic mass is 35.5. The van der Waals surface area contributed by atoms with Crippen LogP contribution in [0.25, 0.3) is 0 Å². The molecule has 1 saturated heterocycles. The highest BCUT2D eigenvalue weighted by molar-refractivity contribution is 7.71. The molecule has 0 spiro atoms. The highest BCUT2D eigenvalue weighted by Crippen LogP contribution is 2.33. The Morgan fingerprint density at radius 1 is 1.05 bits per heavy atom. The first-order valence-corrected chi connectivity index (χ1v) is 13.6. The Balaban J connectivity index is 2.12. The minimum atomic E-state index is -1.26. The molecule has 1 amide bonds. The molecule has 1 aliphatic rings. The zero-order valence-electron chi connectivity index (χ0n) is 23.5. The summed E-state index contributed by atoms with van der Waals surface area (Å²) in [5, 5.41) is 7.79. The van der Waals surface area contributed by atoms with E-state index >= 15 is 0 Å². The molecule has 2 aromatic rings. The standard InChI is InChI=1S/C26H33ClN4O9S/c1-13(2)30-21(12-37-19-10-8-7-9-18(19)27)29-31(26(30)41)25-22(28-14(3)32)24(39-17(6)35)23(38-16(5)34)20(40-25)11-36-15(4)33/h7-10,13,20,22-25H,11-12H2,1-6H3,(H,28,32)/t20-,22-,23-,24-,25-/m1/s1. The zero-order valence-corrected chi connectivity index (χ0v) is 25.1. The lowest BCUT2D eigenvalue weighted by molar-refractivity contribution is -0.239. The second-order valence-corrected chi connectivity index (χ2v) is 10.3. The lowest BCUT2D eigenvalue weighted by atomic mass is 9.95. The van der Waals surface area contributed by atoms with E-state index in [0.29, 0.717) is 16.6 Å². The van der Waals surface area contributed by atoms with Crippen LogP contribution in [-0.2, 0) is 44.7 Å². The monoisotopic (exact) mass is 612 g/mol. The summed E-state index contributed by atoms with van der Waals surface area (Å²) in [6, 6.07) is 5.67. The van der Waals surface area contributed by atoms with E-state index in [1.807, 2.05) is 13.8 Å². The Labute approximate surface area is 247 Å². The third-order valence-electron chi connectivity index (χ3n) is 5.94. The third kappa shape index (κ3) is 8.05. The van der Waals surface area contributed by atoms with Crippen molar-refractivity contribution in [3.63, 3.8) is 0 Å². The van der Waals surface area contributed by atoms with E-state index in [4.69, 9.17) is 47.5 Å². The van der Waals surface area contributed by atoms with Crippen LogP contribution in [0.1, 0.15) is 59.6 Å². The fourth-order valence-corrected chi connectivity index (χ4v) is 5.09. The van der Waals surface area contributed by atoms with Crippen molar-refractivity contribution >= 4 is 47.6 Å². The highest BCUT2D eigenvalue weighted by Gasteiger charge is 2.52. The number of ether oxygens (including phenoxy) is 5. The van der Waals surface area contributed by atoms with Crippen molar-refractivity contribution in [2.75, 3.05) is 6.61 Å². The molecule has 2 heterocycles. The quantitative estimate of drug-likeness (QED) is 0.240. The number of carbonyl (C=O) groups excluding carboxylic acids is 4. The summed E-state index contributed by atoms with van der Waals surface area (Å²) in [6.07, 6.45) is -4.79. The molecule has 0 saturated carbocycles. The summed E-state index contributed by atoms with van der Waals surface area (Å²) in [7, 11) is 0. The summed E-state index contributed by atoms with van der Waals surface area (Å²) in [4.78, 5) is 48.2. The van der Waals surface area contributed by atoms with Gasteiger partial charge in [-0.2, -0.15) is 5.10 Å². The van der Waals surface area contributed by atoms with Gasteiger partial charge in [-0.25, -0.2) is 4.68 Å².